The summed E-state index contributed by atoms with van der Waals surface area (Å²) in [5.41, 5.74) is 6.22. The molecule has 0 aliphatic heterocycles. The number of nitrogens with two attached hydrogens (primary N) is 1. The second-order valence-electron chi connectivity index (χ2n) is 4.27. The number of hydrogen-bond donors (Lipinski definition) is 2. The van der Waals surface area contributed by atoms with Gasteiger partial charge in [0.1, 0.15) is 15.6 Å². The van der Waals surface area contributed by atoms with Crippen LogP contribution in [0.25, 0.3) is 0 Å². The lowest BCUT2D eigenvalue weighted by Gasteiger charge is -2.09. The van der Waals surface area contributed by atoms with E-state index < -0.39 is 5.97 Å². The van der Waals surface area contributed by atoms with Gasteiger partial charge in [-0.1, -0.05) is 0 Å². The zero-order valence-electron chi connectivity index (χ0n) is 12.3. The number of methoxy groups -OCH3 is 1. The van der Waals surface area contributed by atoms with Crippen LogP contribution in [-0.2, 0) is 9.47 Å². The lowest BCUT2D eigenvalue weighted by Crippen LogP contribution is -2.12. The molecule has 0 amide bonds. The molecule has 1 aromatic heterocycles. The van der Waals surface area contributed by atoms with Gasteiger partial charge in [0.2, 0.25) is 0 Å². The lowest BCUT2D eigenvalue weighted by molar-refractivity contribution is 0.0533. The fourth-order valence-electron chi connectivity index (χ4n) is 1.56. The van der Waals surface area contributed by atoms with Crippen molar-refractivity contribution >= 4 is 28.0 Å². The summed E-state index contributed by atoms with van der Waals surface area (Å²) in [4.78, 5) is 12.1. The Kier molecular flexibility index (Phi) is 6.60. The molecule has 0 atom stereocenters. The third-order valence-electron chi connectivity index (χ3n) is 2.40. The van der Waals surface area contributed by atoms with E-state index in [9.17, 15) is 4.79 Å². The molecule has 6 nitrogen and oxygen atoms in total. The Balaban J connectivity index is 2.75. The minimum atomic E-state index is -0.431. The zero-order chi connectivity index (χ0) is 15.1. The molecule has 0 radical (unpaired) electrons. The fourth-order valence-corrected chi connectivity index (χ4v) is 2.56. The summed E-state index contributed by atoms with van der Waals surface area (Å²) in [6.45, 7) is 7.18. The number of esters is 1. The van der Waals surface area contributed by atoms with E-state index in [4.69, 9.17) is 19.9 Å². The van der Waals surface area contributed by atoms with Crippen LogP contribution in [0.4, 0.5) is 10.7 Å². The van der Waals surface area contributed by atoms with Gasteiger partial charge in [-0.2, -0.15) is 0 Å². The topological polar surface area (TPSA) is 82.8 Å². The van der Waals surface area contributed by atoms with Gasteiger partial charge in [-0.05, 0) is 20.8 Å². The average molecular weight is 302 g/mol. The second kappa shape index (κ2) is 7.96. The van der Waals surface area contributed by atoms with Crippen LogP contribution in [0.2, 0.25) is 0 Å². The molecule has 0 saturated carbocycles. The standard InChI is InChI=1S/C13H22N2O4S/c1-5-18-13(16)11-9(14)10(17-4)12(20-11)15-6-7-19-8(2)3/h8,15H,5-7,14H2,1-4H3. The Bertz CT molecular complexity index is 446. The number of ether oxygens (including phenoxy) is 3. The van der Waals surface area contributed by atoms with Crippen molar-refractivity contribution in [3.05, 3.63) is 4.88 Å². The van der Waals surface area contributed by atoms with E-state index in [1.165, 1.54) is 18.4 Å². The molecule has 0 bridgehead atoms. The largest absolute Gasteiger partial charge is 0.492 e. The summed E-state index contributed by atoms with van der Waals surface area (Å²) in [6.07, 6.45) is 0.183. The van der Waals surface area contributed by atoms with E-state index in [1.54, 1.807) is 6.92 Å². The van der Waals surface area contributed by atoms with Gasteiger partial charge in [0.15, 0.2) is 5.75 Å². The third kappa shape index (κ3) is 4.28. The summed E-state index contributed by atoms with van der Waals surface area (Å²) in [6, 6.07) is 0. The summed E-state index contributed by atoms with van der Waals surface area (Å²) in [7, 11) is 1.52. The van der Waals surface area contributed by atoms with Crippen LogP contribution in [0.15, 0.2) is 0 Å². The number of carbonyl (C=O) groups excluding carboxylic acids is 1. The van der Waals surface area contributed by atoms with Gasteiger partial charge in [-0.3, -0.25) is 0 Å². The Hall–Kier alpha value is -1.47. The highest BCUT2D eigenvalue weighted by Gasteiger charge is 2.22. The first-order valence-corrected chi connectivity index (χ1v) is 7.31. The molecule has 0 aliphatic rings. The predicted molar refractivity (Wildman–Crippen MR) is 80.8 cm³/mol. The molecule has 1 heterocycles. The summed E-state index contributed by atoms with van der Waals surface area (Å²) in [5.74, 6) is 0.0439. The molecular formula is C13H22N2O4S. The molecular weight excluding hydrogens is 280 g/mol. The normalized spacial score (nSPS) is 10.7. The molecule has 1 aromatic rings. The molecule has 0 aliphatic carbocycles. The van der Waals surface area contributed by atoms with Crippen molar-refractivity contribution < 1.29 is 19.0 Å². The Morgan fingerprint density at radius 2 is 2.15 bits per heavy atom. The van der Waals surface area contributed by atoms with Crippen molar-refractivity contribution in [2.24, 2.45) is 0 Å². The van der Waals surface area contributed by atoms with E-state index in [0.717, 1.165) is 0 Å². The molecule has 0 saturated heterocycles. The average Bonchev–Trinajstić information content (AvgIpc) is 2.71. The number of hydrogen-bond acceptors (Lipinski definition) is 7. The molecule has 0 fully saturated rings. The number of rotatable bonds is 8. The highest BCUT2D eigenvalue weighted by atomic mass is 32.1. The lowest BCUT2D eigenvalue weighted by atomic mass is 10.3. The van der Waals surface area contributed by atoms with Crippen LogP contribution in [0.1, 0.15) is 30.4 Å². The van der Waals surface area contributed by atoms with Gasteiger partial charge in [0.05, 0.1) is 26.4 Å². The number of carbonyl (C=O) groups is 1. The summed E-state index contributed by atoms with van der Waals surface area (Å²) in [5, 5.41) is 3.87. The number of thiophene rings is 1. The van der Waals surface area contributed by atoms with Gasteiger partial charge < -0.3 is 25.3 Å². The zero-order valence-corrected chi connectivity index (χ0v) is 13.1. The van der Waals surface area contributed by atoms with E-state index in [1.807, 2.05) is 13.8 Å². The van der Waals surface area contributed by atoms with Crippen LogP contribution < -0.4 is 15.8 Å². The molecule has 3 N–H and O–H groups in total. The molecule has 0 unspecified atom stereocenters. The minimum Gasteiger partial charge on any atom is -0.492 e. The minimum absolute atomic E-state index is 0.183. The fraction of sp³-hybridized carbons (Fsp3) is 0.615. The first-order valence-electron chi connectivity index (χ1n) is 6.50. The second-order valence-corrected chi connectivity index (χ2v) is 5.29. The van der Waals surface area contributed by atoms with Crippen LogP contribution in [0, 0.1) is 0 Å². The SMILES string of the molecule is CCOC(=O)c1sc(NCCOC(C)C)c(OC)c1N. The van der Waals surface area contributed by atoms with E-state index in [-0.39, 0.29) is 6.10 Å². The van der Waals surface area contributed by atoms with Crippen molar-refractivity contribution in [2.45, 2.75) is 26.9 Å². The maximum absolute atomic E-state index is 11.8. The summed E-state index contributed by atoms with van der Waals surface area (Å²) >= 11 is 1.23. The number of nitrogens with one attached hydrogen (secondary N) is 1. The van der Waals surface area contributed by atoms with E-state index in [2.05, 4.69) is 5.32 Å². The predicted octanol–water partition coefficient (Wildman–Crippen LogP) is 2.35. The molecule has 0 spiro atoms. The maximum Gasteiger partial charge on any atom is 0.350 e. The van der Waals surface area contributed by atoms with Crippen molar-refractivity contribution in [2.75, 3.05) is 37.9 Å². The Labute approximate surface area is 123 Å². The van der Waals surface area contributed by atoms with Crippen molar-refractivity contribution in [1.82, 2.24) is 0 Å². The van der Waals surface area contributed by atoms with Crippen LogP contribution in [0.3, 0.4) is 0 Å². The summed E-state index contributed by atoms with van der Waals surface area (Å²) < 4.78 is 15.6. The van der Waals surface area contributed by atoms with E-state index in [0.29, 0.717) is 41.1 Å². The molecule has 20 heavy (non-hydrogen) atoms. The molecule has 114 valence electrons. The van der Waals surface area contributed by atoms with Gasteiger partial charge in [0.25, 0.3) is 0 Å². The highest BCUT2D eigenvalue weighted by Crippen LogP contribution is 2.42. The Morgan fingerprint density at radius 3 is 2.70 bits per heavy atom. The van der Waals surface area contributed by atoms with Crippen LogP contribution >= 0.6 is 11.3 Å². The van der Waals surface area contributed by atoms with Crippen LogP contribution in [0.5, 0.6) is 5.75 Å². The Morgan fingerprint density at radius 1 is 1.45 bits per heavy atom. The molecule has 1 rings (SSSR count). The van der Waals surface area contributed by atoms with Gasteiger partial charge in [-0.25, -0.2) is 4.79 Å². The van der Waals surface area contributed by atoms with Crippen LogP contribution in [-0.4, -0.2) is 38.9 Å². The van der Waals surface area contributed by atoms with Crippen molar-refractivity contribution in [3.63, 3.8) is 0 Å². The third-order valence-corrected chi connectivity index (χ3v) is 3.53. The monoisotopic (exact) mass is 302 g/mol. The number of anilines is 2. The number of nitrogen functional groups attached to an aromatic ring is 1. The van der Waals surface area contributed by atoms with Gasteiger partial charge in [0, 0.05) is 6.54 Å². The maximum atomic E-state index is 11.8. The van der Waals surface area contributed by atoms with Gasteiger partial charge in [-0.15, -0.1) is 11.3 Å². The first-order chi connectivity index (χ1) is 9.51. The smallest absolute Gasteiger partial charge is 0.350 e. The van der Waals surface area contributed by atoms with Crippen molar-refractivity contribution in [1.29, 1.82) is 0 Å². The van der Waals surface area contributed by atoms with E-state index >= 15 is 0 Å². The van der Waals surface area contributed by atoms with Gasteiger partial charge >= 0.3 is 5.97 Å². The quantitative estimate of drug-likeness (QED) is 0.566. The molecule has 7 heteroatoms. The first kappa shape index (κ1) is 16.6. The van der Waals surface area contributed by atoms with Crippen molar-refractivity contribution in [3.8, 4) is 5.75 Å². The molecule has 0 aromatic carbocycles. The highest BCUT2D eigenvalue weighted by molar-refractivity contribution is 7.19.